The Hall–Kier alpha value is -2.45. The summed E-state index contributed by atoms with van der Waals surface area (Å²) in [4.78, 5) is 34.4. The summed E-state index contributed by atoms with van der Waals surface area (Å²) in [5, 5.41) is 4.84. The number of nitrogens with one attached hydrogen (secondary N) is 1. The van der Waals surface area contributed by atoms with E-state index in [1.807, 2.05) is 44.2 Å². The maximum absolute atomic E-state index is 12.9. The summed E-state index contributed by atoms with van der Waals surface area (Å²) in [6.07, 6.45) is 0.423. The van der Waals surface area contributed by atoms with E-state index in [1.54, 1.807) is 20.8 Å². The lowest BCUT2D eigenvalue weighted by Gasteiger charge is -2.14. The number of ether oxygens (including phenoxy) is 1. The molecule has 3 aromatic rings. The Balaban J connectivity index is 1.73. The van der Waals surface area contributed by atoms with Crippen LogP contribution in [-0.2, 0) is 9.53 Å². The first kappa shape index (κ1) is 22.2. The van der Waals surface area contributed by atoms with Gasteiger partial charge >= 0.3 is 5.97 Å². The van der Waals surface area contributed by atoms with Gasteiger partial charge in [0.15, 0.2) is 5.13 Å². The Morgan fingerprint density at radius 3 is 2.63 bits per heavy atom. The van der Waals surface area contributed by atoms with Crippen LogP contribution in [0.1, 0.15) is 48.1 Å². The molecule has 1 atom stereocenters. The second-order valence-corrected chi connectivity index (χ2v) is 9.41. The highest BCUT2D eigenvalue weighted by atomic mass is 32.2. The van der Waals surface area contributed by atoms with Crippen LogP contribution in [0.3, 0.4) is 0 Å². The van der Waals surface area contributed by atoms with E-state index >= 15 is 0 Å². The van der Waals surface area contributed by atoms with Crippen LogP contribution >= 0.6 is 23.1 Å². The number of esters is 1. The minimum Gasteiger partial charge on any atom is -0.459 e. The first-order valence-electron chi connectivity index (χ1n) is 9.80. The van der Waals surface area contributed by atoms with Crippen LogP contribution < -0.4 is 5.32 Å². The lowest BCUT2D eigenvalue weighted by molar-refractivity contribution is -0.115. The average molecular weight is 444 g/mol. The zero-order valence-electron chi connectivity index (χ0n) is 17.7. The highest BCUT2D eigenvalue weighted by Crippen LogP contribution is 2.30. The molecule has 30 heavy (non-hydrogen) atoms. The Labute approximate surface area is 184 Å². The molecular weight excluding hydrogens is 418 g/mol. The first-order chi connectivity index (χ1) is 14.3. The highest BCUT2D eigenvalue weighted by Gasteiger charge is 2.23. The topological polar surface area (TPSA) is 81.2 Å². The molecule has 1 amide bonds. The fraction of sp³-hybridized carbons (Fsp3) is 0.364. The molecule has 1 N–H and O–H groups in total. The number of pyridine rings is 1. The molecule has 0 aliphatic carbocycles. The largest absolute Gasteiger partial charge is 0.459 e. The van der Waals surface area contributed by atoms with Crippen LogP contribution in [0.5, 0.6) is 0 Å². The lowest BCUT2D eigenvalue weighted by Crippen LogP contribution is -2.24. The number of anilines is 1. The maximum atomic E-state index is 12.9. The number of nitrogens with zero attached hydrogens (tertiary/aromatic N) is 2. The Morgan fingerprint density at radius 1 is 1.20 bits per heavy atom. The smallest absolute Gasteiger partial charge is 0.350 e. The summed E-state index contributed by atoms with van der Waals surface area (Å²) in [5.74, 6) is -0.578. The molecular formula is C22H25N3O3S2. The molecule has 3 rings (SSSR count). The number of carbonyl (C=O) groups excluding carboxylic acids is 2. The lowest BCUT2D eigenvalue weighted by atomic mass is 10.1. The zero-order chi connectivity index (χ0) is 21.8. The van der Waals surface area contributed by atoms with Crippen LogP contribution in [0, 0.1) is 13.8 Å². The molecule has 0 saturated carbocycles. The van der Waals surface area contributed by atoms with Gasteiger partial charge in [0.1, 0.15) is 4.88 Å². The van der Waals surface area contributed by atoms with Crippen LogP contribution in [0.25, 0.3) is 10.9 Å². The molecule has 0 spiro atoms. The van der Waals surface area contributed by atoms with Gasteiger partial charge < -0.3 is 10.1 Å². The third-order valence-corrected chi connectivity index (χ3v) is 6.72. The fourth-order valence-corrected chi connectivity index (χ4v) is 4.81. The summed E-state index contributed by atoms with van der Waals surface area (Å²) >= 11 is 2.57. The number of carbonyl (C=O) groups is 2. The predicted octanol–water partition coefficient (Wildman–Crippen LogP) is 5.38. The van der Waals surface area contributed by atoms with Crippen molar-refractivity contribution in [3.63, 3.8) is 0 Å². The minimum absolute atomic E-state index is 0.160. The number of hydrogen-bond donors (Lipinski definition) is 1. The molecule has 8 heteroatoms. The molecule has 1 aromatic carbocycles. The molecule has 0 fully saturated rings. The van der Waals surface area contributed by atoms with Crippen molar-refractivity contribution in [2.24, 2.45) is 0 Å². The van der Waals surface area contributed by atoms with Crippen LogP contribution in [-0.4, -0.2) is 33.2 Å². The van der Waals surface area contributed by atoms with Gasteiger partial charge in [-0.05, 0) is 51.8 Å². The monoisotopic (exact) mass is 443 g/mol. The predicted molar refractivity (Wildman–Crippen MR) is 122 cm³/mol. The number of benzene rings is 1. The number of para-hydroxylation sites is 1. The van der Waals surface area contributed by atoms with E-state index in [-0.39, 0.29) is 17.3 Å². The van der Waals surface area contributed by atoms with Crippen molar-refractivity contribution in [1.82, 2.24) is 9.97 Å². The molecule has 0 aliphatic heterocycles. The molecule has 158 valence electrons. The molecule has 2 aromatic heterocycles. The summed E-state index contributed by atoms with van der Waals surface area (Å²) in [6.45, 7) is 9.33. The molecule has 0 aliphatic rings. The normalized spacial score (nSPS) is 12.2. The van der Waals surface area contributed by atoms with Crippen molar-refractivity contribution >= 4 is 51.0 Å². The number of hydrogen-bond acceptors (Lipinski definition) is 7. The Bertz CT molecular complexity index is 1080. The second kappa shape index (κ2) is 9.57. The third kappa shape index (κ3) is 5.17. The van der Waals surface area contributed by atoms with Crippen molar-refractivity contribution in [3.8, 4) is 0 Å². The highest BCUT2D eigenvalue weighted by molar-refractivity contribution is 8.00. The number of thiazole rings is 1. The SMILES string of the molecule is CCC(Sc1cc(C)c2ccccc2n1)C(=O)Nc1nc(C)c(C(=O)OC(C)C)s1. The van der Waals surface area contributed by atoms with E-state index < -0.39 is 5.97 Å². The maximum Gasteiger partial charge on any atom is 0.350 e. The van der Waals surface area contributed by atoms with Crippen LogP contribution in [0.2, 0.25) is 0 Å². The van der Waals surface area contributed by atoms with Crippen LogP contribution in [0.15, 0.2) is 35.4 Å². The van der Waals surface area contributed by atoms with Gasteiger partial charge in [0.2, 0.25) is 5.91 Å². The van der Waals surface area contributed by atoms with Crippen molar-refractivity contribution < 1.29 is 14.3 Å². The second-order valence-electron chi connectivity index (χ2n) is 7.19. The van der Waals surface area contributed by atoms with E-state index in [0.717, 1.165) is 32.8 Å². The molecule has 0 bridgehead atoms. The van der Waals surface area contributed by atoms with Crippen molar-refractivity contribution in [2.45, 2.75) is 57.4 Å². The number of thioether (sulfide) groups is 1. The quantitative estimate of drug-likeness (QED) is 0.390. The standard InChI is InChI=1S/C22H25N3O3S2/c1-6-17(29-18-11-13(4)15-9-7-8-10-16(15)24-18)20(26)25-22-23-14(5)19(30-22)21(27)28-12(2)3/h7-12,17H,6H2,1-5H3,(H,23,25,26). The van der Waals surface area contributed by atoms with Gasteiger partial charge in [-0.1, -0.05) is 48.2 Å². The number of rotatable bonds is 7. The first-order valence-corrected chi connectivity index (χ1v) is 11.5. The Morgan fingerprint density at radius 2 is 1.93 bits per heavy atom. The number of aryl methyl sites for hydroxylation is 2. The molecule has 1 unspecified atom stereocenters. The summed E-state index contributed by atoms with van der Waals surface area (Å²) in [5.41, 5.74) is 2.59. The zero-order valence-corrected chi connectivity index (χ0v) is 19.3. The van der Waals surface area contributed by atoms with Gasteiger partial charge in [-0.15, -0.1) is 0 Å². The molecule has 0 saturated heterocycles. The van der Waals surface area contributed by atoms with E-state index in [4.69, 9.17) is 9.72 Å². The summed E-state index contributed by atoms with van der Waals surface area (Å²) < 4.78 is 5.24. The van der Waals surface area contributed by atoms with Crippen LogP contribution in [0.4, 0.5) is 5.13 Å². The number of aromatic nitrogens is 2. The van der Waals surface area contributed by atoms with E-state index in [2.05, 4.69) is 10.3 Å². The molecule has 6 nitrogen and oxygen atoms in total. The third-order valence-electron chi connectivity index (χ3n) is 4.38. The van der Waals surface area contributed by atoms with Gasteiger partial charge in [-0.3, -0.25) is 4.79 Å². The fourth-order valence-electron chi connectivity index (χ4n) is 2.94. The van der Waals surface area contributed by atoms with Gasteiger partial charge in [0.05, 0.1) is 27.6 Å². The number of fused-ring (bicyclic) bond motifs is 1. The van der Waals surface area contributed by atoms with E-state index in [1.165, 1.54) is 11.8 Å². The van der Waals surface area contributed by atoms with Crippen molar-refractivity contribution in [2.75, 3.05) is 5.32 Å². The van der Waals surface area contributed by atoms with E-state index in [0.29, 0.717) is 22.1 Å². The summed E-state index contributed by atoms with van der Waals surface area (Å²) in [6, 6.07) is 9.98. The minimum atomic E-state index is -0.419. The Kier molecular flexibility index (Phi) is 7.10. The van der Waals surface area contributed by atoms with Gasteiger partial charge in [-0.25, -0.2) is 14.8 Å². The van der Waals surface area contributed by atoms with Gasteiger partial charge in [-0.2, -0.15) is 0 Å². The molecule has 0 radical (unpaired) electrons. The van der Waals surface area contributed by atoms with Gasteiger partial charge in [0.25, 0.3) is 0 Å². The van der Waals surface area contributed by atoms with E-state index in [9.17, 15) is 9.59 Å². The number of amides is 1. The average Bonchev–Trinajstić information content (AvgIpc) is 3.05. The summed E-state index contributed by atoms with van der Waals surface area (Å²) in [7, 11) is 0. The van der Waals surface area contributed by atoms with Gasteiger partial charge in [0, 0.05) is 5.39 Å². The molecule has 2 heterocycles. The van der Waals surface area contributed by atoms with Crippen molar-refractivity contribution in [1.29, 1.82) is 0 Å². The van der Waals surface area contributed by atoms with Crippen molar-refractivity contribution in [3.05, 3.63) is 46.5 Å².